The lowest BCUT2D eigenvalue weighted by Crippen LogP contribution is -2.46. The van der Waals surface area contributed by atoms with Crippen LogP contribution < -0.4 is 0 Å². The van der Waals surface area contributed by atoms with Crippen LogP contribution in [-0.2, 0) is 84.7 Å². The molecule has 0 spiro atoms. The second kappa shape index (κ2) is 13.4. The van der Waals surface area contributed by atoms with Gasteiger partial charge in [-0.1, -0.05) is 0 Å². The van der Waals surface area contributed by atoms with E-state index >= 15 is 0 Å². The van der Waals surface area contributed by atoms with Crippen molar-refractivity contribution in [3.8, 4) is 0 Å². The van der Waals surface area contributed by atoms with Gasteiger partial charge in [0.25, 0.3) is 0 Å². The average Bonchev–Trinajstić information content (AvgIpc) is 3.55. The molecular weight excluding hydrogens is 680 g/mol. The van der Waals surface area contributed by atoms with Crippen LogP contribution in [0.4, 0.5) is 0 Å². The van der Waals surface area contributed by atoms with E-state index in [1.807, 2.05) is 0 Å². The highest BCUT2D eigenvalue weighted by molar-refractivity contribution is 7.44. The Morgan fingerprint density at radius 3 is 1.40 bits per heavy atom. The largest absolute Gasteiger partial charge is 0.537 e. The SMILES string of the molecule is O=C1CC(N2C(=O)CCC2=O)C(=O)OP(OC(=O)CC(C(=O)OP2OC(=O)CC(N3C(=O)CCC3=O)C(=O)O2)N2C(=O)CCC2=O)O1. The molecule has 5 aliphatic heterocycles. The van der Waals surface area contributed by atoms with Crippen molar-refractivity contribution < 1.29 is 84.7 Å². The number of hydrogen-bond acceptors (Lipinski definition) is 18. The number of carbonyl (C=O) groups excluding carboxylic acids is 12. The Morgan fingerprint density at radius 2 is 0.979 bits per heavy atom. The summed E-state index contributed by atoms with van der Waals surface area (Å²) in [6.07, 6.45) is -4.39. The summed E-state index contributed by atoms with van der Waals surface area (Å²) in [7, 11) is -6.38. The first-order valence-electron chi connectivity index (χ1n) is 13.7. The molecule has 5 fully saturated rings. The minimum Gasteiger partial charge on any atom is -0.375 e. The van der Waals surface area contributed by atoms with Gasteiger partial charge in [0.15, 0.2) is 0 Å². The summed E-state index contributed by atoms with van der Waals surface area (Å²) in [4.78, 5) is 151. The Labute approximate surface area is 264 Å². The molecule has 0 aromatic carbocycles. The van der Waals surface area contributed by atoms with Crippen LogP contribution in [0.5, 0.6) is 0 Å². The van der Waals surface area contributed by atoms with Crippen LogP contribution >= 0.6 is 17.2 Å². The molecule has 5 heterocycles. The molecule has 0 saturated carbocycles. The van der Waals surface area contributed by atoms with E-state index < -0.39 is 126 Å². The van der Waals surface area contributed by atoms with Gasteiger partial charge in [0.1, 0.15) is 18.1 Å². The van der Waals surface area contributed by atoms with Crippen LogP contribution in [0.25, 0.3) is 0 Å². The summed E-state index contributed by atoms with van der Waals surface area (Å²) in [5.41, 5.74) is 0. The summed E-state index contributed by atoms with van der Waals surface area (Å²) < 4.78 is 29.2. The van der Waals surface area contributed by atoms with E-state index in [2.05, 4.69) is 0 Å². The van der Waals surface area contributed by atoms with Crippen LogP contribution in [0.2, 0.25) is 0 Å². The van der Waals surface area contributed by atoms with Crippen LogP contribution in [0.3, 0.4) is 0 Å². The Bertz CT molecular complexity index is 1480. The number of nitrogens with zero attached hydrogens (tertiary/aromatic N) is 3. The van der Waals surface area contributed by atoms with Crippen LogP contribution in [0.1, 0.15) is 57.8 Å². The first-order valence-corrected chi connectivity index (χ1v) is 15.8. The fourth-order valence-electron chi connectivity index (χ4n) is 5.01. The highest BCUT2D eigenvalue weighted by Crippen LogP contribution is 2.46. The summed E-state index contributed by atoms with van der Waals surface area (Å²) in [5, 5.41) is 0. The van der Waals surface area contributed by atoms with Crippen molar-refractivity contribution in [3.63, 3.8) is 0 Å². The van der Waals surface area contributed by atoms with Crippen molar-refractivity contribution >= 4 is 88.5 Å². The normalized spacial score (nSPS) is 27.6. The maximum absolute atomic E-state index is 13.2. The van der Waals surface area contributed by atoms with Gasteiger partial charge in [0, 0.05) is 38.5 Å². The lowest BCUT2D eigenvalue weighted by atomic mass is 10.2. The van der Waals surface area contributed by atoms with Gasteiger partial charge in [-0.25, -0.2) is 14.4 Å². The molecule has 0 aliphatic carbocycles. The Hall–Kier alpha value is -4.90. The summed E-state index contributed by atoms with van der Waals surface area (Å²) in [6, 6.07) is -5.52. The molecule has 250 valence electrons. The molecule has 5 rings (SSSR count). The first kappa shape index (κ1) is 33.5. The van der Waals surface area contributed by atoms with E-state index in [4.69, 9.17) is 27.1 Å². The molecule has 0 bridgehead atoms. The monoisotopic (exact) mass is 701 g/mol. The predicted octanol–water partition coefficient (Wildman–Crippen LogP) is -1.55. The topological polar surface area (TPSA) is 270 Å². The Balaban J connectivity index is 1.27. The minimum atomic E-state index is -3.23. The van der Waals surface area contributed by atoms with E-state index in [1.54, 1.807) is 0 Å². The van der Waals surface area contributed by atoms with Crippen LogP contribution in [0, 0.1) is 0 Å². The van der Waals surface area contributed by atoms with E-state index in [0.29, 0.717) is 14.7 Å². The van der Waals surface area contributed by atoms with Crippen molar-refractivity contribution in [1.82, 2.24) is 14.7 Å². The zero-order valence-electron chi connectivity index (χ0n) is 23.7. The zero-order chi connectivity index (χ0) is 34.2. The Morgan fingerprint density at radius 1 is 0.596 bits per heavy atom. The van der Waals surface area contributed by atoms with Crippen LogP contribution in [0.15, 0.2) is 0 Å². The lowest BCUT2D eigenvalue weighted by Gasteiger charge is -2.25. The van der Waals surface area contributed by atoms with E-state index in [-0.39, 0.29) is 38.5 Å². The van der Waals surface area contributed by atoms with Gasteiger partial charge < -0.3 is 27.1 Å². The molecule has 0 N–H and O–H groups in total. The smallest absolute Gasteiger partial charge is 0.375 e. The number of imide groups is 3. The fourth-order valence-corrected chi connectivity index (χ4v) is 6.77. The van der Waals surface area contributed by atoms with Gasteiger partial charge in [-0.05, 0) is 0 Å². The average molecular weight is 701 g/mol. The van der Waals surface area contributed by atoms with Gasteiger partial charge >= 0.3 is 53.0 Å². The molecule has 21 nitrogen and oxygen atoms in total. The van der Waals surface area contributed by atoms with Crippen molar-refractivity contribution in [2.75, 3.05) is 0 Å². The Kier molecular flexibility index (Phi) is 9.58. The third-order valence-electron chi connectivity index (χ3n) is 7.12. The van der Waals surface area contributed by atoms with Gasteiger partial charge in [0.05, 0.1) is 19.3 Å². The number of rotatable bonds is 8. The summed E-state index contributed by atoms with van der Waals surface area (Å²) in [6.45, 7) is 0. The van der Waals surface area contributed by atoms with Gasteiger partial charge in [-0.15, -0.1) is 0 Å². The maximum atomic E-state index is 13.2. The highest BCUT2D eigenvalue weighted by Gasteiger charge is 2.50. The number of hydrogen-bond donors (Lipinski definition) is 0. The summed E-state index contributed by atoms with van der Waals surface area (Å²) in [5.74, 6) is -13.0. The van der Waals surface area contributed by atoms with Gasteiger partial charge in [-0.2, -0.15) is 0 Å². The van der Waals surface area contributed by atoms with Crippen molar-refractivity contribution in [1.29, 1.82) is 0 Å². The molecule has 5 saturated heterocycles. The second-order valence-corrected chi connectivity index (χ2v) is 12.2. The van der Waals surface area contributed by atoms with Gasteiger partial charge in [-0.3, -0.25) is 57.9 Å². The van der Waals surface area contributed by atoms with Crippen LogP contribution in [-0.4, -0.2) is 104 Å². The molecule has 6 amide bonds. The maximum Gasteiger partial charge on any atom is 0.537 e. The second-order valence-electron chi connectivity index (χ2n) is 10.2. The molecule has 23 heteroatoms. The molecule has 5 atom stereocenters. The predicted molar refractivity (Wildman–Crippen MR) is 139 cm³/mol. The molecule has 47 heavy (non-hydrogen) atoms. The number of carbonyl (C=O) groups is 12. The molecular formula is C24H21N3O18P2. The van der Waals surface area contributed by atoms with Crippen molar-refractivity contribution in [2.45, 2.75) is 75.9 Å². The first-order chi connectivity index (χ1) is 22.2. The molecule has 5 unspecified atom stereocenters. The summed E-state index contributed by atoms with van der Waals surface area (Å²) >= 11 is 0. The van der Waals surface area contributed by atoms with Crippen molar-refractivity contribution in [3.05, 3.63) is 0 Å². The highest BCUT2D eigenvalue weighted by atomic mass is 31.2. The molecule has 0 radical (unpaired) electrons. The third-order valence-corrected chi connectivity index (χ3v) is 9.17. The molecule has 0 aromatic heterocycles. The van der Waals surface area contributed by atoms with Crippen molar-refractivity contribution in [2.24, 2.45) is 0 Å². The zero-order valence-corrected chi connectivity index (χ0v) is 25.5. The quantitative estimate of drug-likeness (QED) is 0.205. The van der Waals surface area contributed by atoms with E-state index in [9.17, 15) is 57.5 Å². The number of likely N-dealkylation sites (tertiary alicyclic amines) is 3. The van der Waals surface area contributed by atoms with E-state index in [1.165, 1.54) is 0 Å². The minimum absolute atomic E-state index is 0.203. The third kappa shape index (κ3) is 7.10. The molecule has 5 aliphatic rings. The molecule has 0 aromatic rings. The standard InChI is InChI=1S/C24H21N3O18P2/c28-13-1-2-14(29)25(13)10-7-19(34)40-46(43-22(10)37)41-20(35)8-11(26-15(30)3-4-16(26)31)23(38)44-47-42-21(36)9-12(24(39)45-47)27-17(32)5-6-18(27)33/h10-12H,1-9H2. The van der Waals surface area contributed by atoms with E-state index in [0.717, 1.165) is 0 Å². The fraction of sp³-hybridized carbons (Fsp3) is 0.500. The lowest BCUT2D eigenvalue weighted by molar-refractivity contribution is -0.157. The number of amides is 6. The van der Waals surface area contributed by atoms with Gasteiger partial charge in [0.2, 0.25) is 35.4 Å².